The minimum absolute atomic E-state index is 0.0256. The molecule has 74 valence electrons. The van der Waals surface area contributed by atoms with Crippen LogP contribution >= 0.6 is 0 Å². The molecule has 0 saturated heterocycles. The first-order chi connectivity index (χ1) is 6.57. The third-order valence-corrected chi connectivity index (χ3v) is 1.87. The largest absolute Gasteiger partial charge is 0.504 e. The standard InChI is InChI=1S/C9H10N2O3/c10-4-3-6(11)5-1-2-7(12)9(14)8(5)13/h1-2,6,12-14H,3,11H2/t6-/m1/s1. The van der Waals surface area contributed by atoms with Gasteiger partial charge in [-0.3, -0.25) is 0 Å². The predicted molar refractivity (Wildman–Crippen MR) is 48.6 cm³/mol. The van der Waals surface area contributed by atoms with Gasteiger partial charge in [-0.2, -0.15) is 5.26 Å². The van der Waals surface area contributed by atoms with Crippen LogP contribution in [0.25, 0.3) is 0 Å². The van der Waals surface area contributed by atoms with Gasteiger partial charge >= 0.3 is 0 Å². The van der Waals surface area contributed by atoms with Crippen LogP contribution in [0.4, 0.5) is 0 Å². The van der Waals surface area contributed by atoms with Crippen LogP contribution in [0, 0.1) is 11.3 Å². The molecule has 1 rings (SSSR count). The van der Waals surface area contributed by atoms with Crippen molar-refractivity contribution in [3.8, 4) is 23.3 Å². The first-order valence-corrected chi connectivity index (χ1v) is 3.94. The second-order valence-corrected chi connectivity index (χ2v) is 2.84. The van der Waals surface area contributed by atoms with Gasteiger partial charge in [0, 0.05) is 11.6 Å². The van der Waals surface area contributed by atoms with Crippen molar-refractivity contribution in [3.63, 3.8) is 0 Å². The second-order valence-electron chi connectivity index (χ2n) is 2.84. The second kappa shape index (κ2) is 3.85. The Morgan fingerprint density at radius 3 is 2.50 bits per heavy atom. The topological polar surface area (TPSA) is 111 Å². The number of nitriles is 1. The van der Waals surface area contributed by atoms with Crippen LogP contribution in [-0.4, -0.2) is 15.3 Å². The van der Waals surface area contributed by atoms with Crippen molar-refractivity contribution in [2.24, 2.45) is 5.73 Å². The fourth-order valence-electron chi connectivity index (χ4n) is 1.09. The number of phenols is 3. The van der Waals surface area contributed by atoms with Crippen molar-refractivity contribution in [2.75, 3.05) is 0 Å². The summed E-state index contributed by atoms with van der Waals surface area (Å²) in [7, 11) is 0. The minimum atomic E-state index is -0.675. The van der Waals surface area contributed by atoms with Gasteiger partial charge in [-0.1, -0.05) is 0 Å². The fourth-order valence-corrected chi connectivity index (χ4v) is 1.09. The molecule has 0 unspecified atom stereocenters. The van der Waals surface area contributed by atoms with Crippen LogP contribution in [0.3, 0.4) is 0 Å². The molecule has 0 fully saturated rings. The number of hydrogen-bond donors (Lipinski definition) is 4. The lowest BCUT2D eigenvalue weighted by Crippen LogP contribution is -2.09. The lowest BCUT2D eigenvalue weighted by molar-refractivity contribution is 0.363. The van der Waals surface area contributed by atoms with Crippen molar-refractivity contribution in [1.82, 2.24) is 0 Å². The lowest BCUT2D eigenvalue weighted by atomic mass is 10.0. The molecule has 0 aliphatic carbocycles. The molecule has 0 spiro atoms. The van der Waals surface area contributed by atoms with Crippen molar-refractivity contribution < 1.29 is 15.3 Å². The Morgan fingerprint density at radius 2 is 1.93 bits per heavy atom. The van der Waals surface area contributed by atoms with Crippen LogP contribution in [0.1, 0.15) is 18.0 Å². The van der Waals surface area contributed by atoms with Crippen LogP contribution in [-0.2, 0) is 0 Å². The molecule has 5 heteroatoms. The number of hydrogen-bond acceptors (Lipinski definition) is 5. The number of rotatable bonds is 2. The minimum Gasteiger partial charge on any atom is -0.504 e. The molecule has 0 aliphatic rings. The number of aromatic hydroxyl groups is 3. The highest BCUT2D eigenvalue weighted by Gasteiger charge is 2.15. The van der Waals surface area contributed by atoms with E-state index in [1.165, 1.54) is 12.1 Å². The maximum absolute atomic E-state index is 9.38. The molecule has 0 radical (unpaired) electrons. The van der Waals surface area contributed by atoms with Gasteiger partial charge in [-0.15, -0.1) is 0 Å². The predicted octanol–water partition coefficient (Wildman–Crippen LogP) is 0.717. The van der Waals surface area contributed by atoms with E-state index in [0.29, 0.717) is 0 Å². The van der Waals surface area contributed by atoms with Gasteiger partial charge in [-0.05, 0) is 12.1 Å². The third-order valence-electron chi connectivity index (χ3n) is 1.87. The van der Waals surface area contributed by atoms with E-state index < -0.39 is 23.3 Å². The Balaban J connectivity index is 3.12. The summed E-state index contributed by atoms with van der Waals surface area (Å²) in [5.41, 5.74) is 5.79. The van der Waals surface area contributed by atoms with E-state index in [1.807, 2.05) is 6.07 Å². The maximum Gasteiger partial charge on any atom is 0.200 e. The lowest BCUT2D eigenvalue weighted by Gasteiger charge is -2.11. The monoisotopic (exact) mass is 194 g/mol. The van der Waals surface area contributed by atoms with Gasteiger partial charge in [0.15, 0.2) is 11.5 Å². The van der Waals surface area contributed by atoms with E-state index in [4.69, 9.17) is 21.2 Å². The Bertz CT molecular complexity index is 384. The van der Waals surface area contributed by atoms with Crippen molar-refractivity contribution in [1.29, 1.82) is 5.26 Å². The summed E-state index contributed by atoms with van der Waals surface area (Å²) in [5.74, 6) is -1.51. The average Bonchev–Trinajstić information content (AvgIpc) is 2.15. The van der Waals surface area contributed by atoms with E-state index in [1.54, 1.807) is 0 Å². The molecule has 0 heterocycles. The molecule has 1 atom stereocenters. The highest BCUT2D eigenvalue weighted by Crippen LogP contribution is 2.39. The third kappa shape index (κ3) is 1.70. The van der Waals surface area contributed by atoms with Crippen molar-refractivity contribution in [3.05, 3.63) is 17.7 Å². The average molecular weight is 194 g/mol. The van der Waals surface area contributed by atoms with E-state index >= 15 is 0 Å². The van der Waals surface area contributed by atoms with Gasteiger partial charge in [-0.25, -0.2) is 0 Å². The smallest absolute Gasteiger partial charge is 0.200 e. The summed E-state index contributed by atoms with van der Waals surface area (Å²) in [6.45, 7) is 0. The van der Waals surface area contributed by atoms with Gasteiger partial charge in [0.05, 0.1) is 12.5 Å². The molecule has 5 nitrogen and oxygen atoms in total. The highest BCUT2D eigenvalue weighted by molar-refractivity contribution is 5.54. The first kappa shape index (κ1) is 10.2. The summed E-state index contributed by atoms with van der Waals surface area (Å²) >= 11 is 0. The zero-order valence-corrected chi connectivity index (χ0v) is 7.31. The molecule has 5 N–H and O–H groups in total. The Kier molecular flexibility index (Phi) is 2.79. The Labute approximate surface area is 80.6 Å². The van der Waals surface area contributed by atoms with Gasteiger partial charge < -0.3 is 21.1 Å². The van der Waals surface area contributed by atoms with E-state index in [9.17, 15) is 5.11 Å². The Morgan fingerprint density at radius 1 is 1.29 bits per heavy atom. The molecule has 0 aromatic heterocycles. The summed E-state index contributed by atoms with van der Waals surface area (Å²) in [4.78, 5) is 0. The van der Waals surface area contributed by atoms with Crippen LogP contribution < -0.4 is 5.73 Å². The zero-order valence-electron chi connectivity index (χ0n) is 7.31. The zero-order chi connectivity index (χ0) is 10.7. The molecule has 1 aromatic rings. The number of benzene rings is 1. The van der Waals surface area contributed by atoms with Crippen LogP contribution in [0.5, 0.6) is 17.2 Å². The molecule has 0 saturated carbocycles. The molecule has 0 aliphatic heterocycles. The molecule has 0 amide bonds. The summed E-state index contributed by atoms with van der Waals surface area (Å²) < 4.78 is 0. The van der Waals surface area contributed by atoms with Crippen molar-refractivity contribution in [2.45, 2.75) is 12.5 Å². The number of nitrogens with two attached hydrogens (primary N) is 1. The molecular formula is C9H10N2O3. The maximum atomic E-state index is 9.38. The van der Waals surface area contributed by atoms with Gasteiger partial charge in [0.25, 0.3) is 0 Å². The number of nitrogens with zero attached hydrogens (tertiary/aromatic N) is 1. The summed E-state index contributed by atoms with van der Waals surface area (Å²) in [6, 6.07) is 3.75. The summed E-state index contributed by atoms with van der Waals surface area (Å²) in [6.07, 6.45) is 0.0256. The molecule has 1 aromatic carbocycles. The van der Waals surface area contributed by atoms with Crippen molar-refractivity contribution >= 4 is 0 Å². The fraction of sp³-hybridized carbons (Fsp3) is 0.222. The quantitative estimate of drug-likeness (QED) is 0.518. The van der Waals surface area contributed by atoms with E-state index in [-0.39, 0.29) is 12.0 Å². The van der Waals surface area contributed by atoms with Gasteiger partial charge in [0.1, 0.15) is 0 Å². The SMILES string of the molecule is N#CC[C@@H](N)c1ccc(O)c(O)c1O. The van der Waals surface area contributed by atoms with E-state index in [2.05, 4.69) is 0 Å². The van der Waals surface area contributed by atoms with Crippen LogP contribution in [0.15, 0.2) is 12.1 Å². The highest BCUT2D eigenvalue weighted by atomic mass is 16.3. The number of phenolic OH excluding ortho intramolecular Hbond substituents is 3. The van der Waals surface area contributed by atoms with Crippen LogP contribution in [0.2, 0.25) is 0 Å². The van der Waals surface area contributed by atoms with Gasteiger partial charge in [0.2, 0.25) is 5.75 Å². The molecule has 14 heavy (non-hydrogen) atoms. The molecule has 0 bridgehead atoms. The normalized spacial score (nSPS) is 12.0. The summed E-state index contributed by atoms with van der Waals surface area (Å²) in [5, 5.41) is 36.0. The first-order valence-electron chi connectivity index (χ1n) is 3.94. The molecular weight excluding hydrogens is 184 g/mol. The van der Waals surface area contributed by atoms with E-state index in [0.717, 1.165) is 0 Å². The Hall–Kier alpha value is -1.93.